The van der Waals surface area contributed by atoms with Crippen LogP contribution in [-0.2, 0) is 9.59 Å². The van der Waals surface area contributed by atoms with Gasteiger partial charge in [0.2, 0.25) is 17.8 Å². The zero-order chi connectivity index (χ0) is 16.6. The van der Waals surface area contributed by atoms with Crippen molar-refractivity contribution in [2.24, 2.45) is 10.4 Å². The molecule has 1 N–H and O–H groups in total. The SMILES string of the molecule is CCC1(CC)C(=O)NC2=NCN(c3ccc(Cl)cc3)CN2C1=O. The summed E-state index contributed by atoms with van der Waals surface area (Å²) in [4.78, 5) is 33.2. The third-order valence-electron chi connectivity index (χ3n) is 4.67. The van der Waals surface area contributed by atoms with Gasteiger partial charge < -0.3 is 4.90 Å². The van der Waals surface area contributed by atoms with Crippen molar-refractivity contribution >= 4 is 35.1 Å². The lowest BCUT2D eigenvalue weighted by Gasteiger charge is -2.44. The average molecular weight is 335 g/mol. The number of aliphatic imine (C=N–C) groups is 1. The van der Waals surface area contributed by atoms with E-state index in [-0.39, 0.29) is 11.8 Å². The van der Waals surface area contributed by atoms with Gasteiger partial charge in [0.25, 0.3) is 0 Å². The van der Waals surface area contributed by atoms with Gasteiger partial charge in [0.15, 0.2) is 0 Å². The molecule has 1 fully saturated rings. The van der Waals surface area contributed by atoms with Gasteiger partial charge >= 0.3 is 0 Å². The van der Waals surface area contributed by atoms with Crippen LogP contribution in [0.15, 0.2) is 29.3 Å². The van der Waals surface area contributed by atoms with Gasteiger partial charge in [0.05, 0.1) is 0 Å². The van der Waals surface area contributed by atoms with E-state index in [1.54, 1.807) is 17.0 Å². The van der Waals surface area contributed by atoms with Crippen molar-refractivity contribution in [2.45, 2.75) is 26.7 Å². The van der Waals surface area contributed by atoms with E-state index in [2.05, 4.69) is 10.3 Å². The minimum Gasteiger partial charge on any atom is -0.334 e. The van der Waals surface area contributed by atoms with E-state index in [0.29, 0.717) is 37.2 Å². The molecule has 23 heavy (non-hydrogen) atoms. The molecule has 0 spiro atoms. The number of nitrogens with one attached hydrogen (secondary N) is 1. The number of halogens is 1. The van der Waals surface area contributed by atoms with E-state index in [0.717, 1.165) is 5.69 Å². The number of carbonyl (C=O) groups excluding carboxylic acids is 2. The standard InChI is InChI=1S/C16H19ClN4O2/c1-3-16(4-2)13(22)19-15-18-9-20(10-21(15)14(16)23)12-7-5-11(17)6-8-12/h5-8H,3-4,9-10H2,1-2H3,(H,18,19,22). The summed E-state index contributed by atoms with van der Waals surface area (Å²) < 4.78 is 0. The molecule has 1 aromatic carbocycles. The molecule has 1 aromatic rings. The number of benzene rings is 1. The third-order valence-corrected chi connectivity index (χ3v) is 4.92. The molecule has 0 saturated carbocycles. The van der Waals surface area contributed by atoms with Crippen LogP contribution in [0.2, 0.25) is 5.02 Å². The predicted octanol–water partition coefficient (Wildman–Crippen LogP) is 2.20. The highest BCUT2D eigenvalue weighted by Gasteiger charge is 2.51. The van der Waals surface area contributed by atoms with Crippen molar-refractivity contribution in [1.29, 1.82) is 0 Å². The van der Waals surface area contributed by atoms with E-state index >= 15 is 0 Å². The predicted molar refractivity (Wildman–Crippen MR) is 89.1 cm³/mol. The first kappa shape index (κ1) is 15.8. The van der Waals surface area contributed by atoms with Crippen LogP contribution in [0.5, 0.6) is 0 Å². The first-order chi connectivity index (χ1) is 11.0. The number of guanidine groups is 1. The second-order valence-electron chi connectivity index (χ2n) is 5.76. The van der Waals surface area contributed by atoms with Gasteiger partial charge in [-0.25, -0.2) is 4.99 Å². The molecule has 0 atom stereocenters. The number of carbonyl (C=O) groups is 2. The van der Waals surface area contributed by atoms with Crippen molar-refractivity contribution in [3.8, 4) is 0 Å². The van der Waals surface area contributed by atoms with E-state index in [9.17, 15) is 9.59 Å². The molecular formula is C16H19ClN4O2. The molecule has 2 amide bonds. The van der Waals surface area contributed by atoms with Crippen LogP contribution < -0.4 is 10.2 Å². The number of amides is 2. The fraction of sp³-hybridized carbons (Fsp3) is 0.438. The fourth-order valence-electron chi connectivity index (χ4n) is 3.05. The number of fused-ring (bicyclic) bond motifs is 1. The molecule has 0 radical (unpaired) electrons. The summed E-state index contributed by atoms with van der Waals surface area (Å²) >= 11 is 5.92. The summed E-state index contributed by atoms with van der Waals surface area (Å²) in [5.41, 5.74) is -0.0670. The lowest BCUT2D eigenvalue weighted by atomic mass is 9.78. The Morgan fingerprint density at radius 2 is 1.87 bits per heavy atom. The maximum atomic E-state index is 12.9. The van der Waals surface area contributed by atoms with Crippen LogP contribution in [0.1, 0.15) is 26.7 Å². The minimum absolute atomic E-state index is 0.177. The Morgan fingerprint density at radius 1 is 1.22 bits per heavy atom. The van der Waals surface area contributed by atoms with Crippen LogP contribution >= 0.6 is 11.6 Å². The molecule has 2 aliphatic heterocycles. The molecule has 2 heterocycles. The molecular weight excluding hydrogens is 316 g/mol. The van der Waals surface area contributed by atoms with Gasteiger partial charge in [-0.15, -0.1) is 0 Å². The van der Waals surface area contributed by atoms with Crippen molar-refractivity contribution in [2.75, 3.05) is 18.2 Å². The van der Waals surface area contributed by atoms with Gasteiger partial charge in [-0.3, -0.25) is 19.8 Å². The highest BCUT2D eigenvalue weighted by molar-refractivity contribution is 6.30. The monoisotopic (exact) mass is 334 g/mol. The average Bonchev–Trinajstić information content (AvgIpc) is 2.57. The zero-order valence-corrected chi connectivity index (χ0v) is 13.9. The molecule has 6 nitrogen and oxygen atoms in total. The Morgan fingerprint density at radius 3 is 2.48 bits per heavy atom. The molecule has 7 heteroatoms. The van der Waals surface area contributed by atoms with Gasteiger partial charge in [-0.1, -0.05) is 25.4 Å². The largest absolute Gasteiger partial charge is 0.334 e. The maximum absolute atomic E-state index is 12.9. The normalized spacial score (nSPS) is 20.0. The second-order valence-corrected chi connectivity index (χ2v) is 6.19. The van der Waals surface area contributed by atoms with E-state index in [1.165, 1.54) is 0 Å². The smallest absolute Gasteiger partial charge is 0.246 e. The summed E-state index contributed by atoms with van der Waals surface area (Å²) in [6.45, 7) is 4.47. The van der Waals surface area contributed by atoms with Gasteiger partial charge in [-0.05, 0) is 37.1 Å². The Labute approximate surface area is 140 Å². The number of hydrogen-bond donors (Lipinski definition) is 1. The van der Waals surface area contributed by atoms with Gasteiger partial charge in [0, 0.05) is 10.7 Å². The van der Waals surface area contributed by atoms with Gasteiger partial charge in [-0.2, -0.15) is 0 Å². The first-order valence-corrected chi connectivity index (χ1v) is 8.08. The fourth-order valence-corrected chi connectivity index (χ4v) is 3.18. The Hall–Kier alpha value is -2.08. The number of nitrogens with zero attached hydrogens (tertiary/aromatic N) is 3. The van der Waals surface area contributed by atoms with Crippen molar-refractivity contribution < 1.29 is 9.59 Å². The zero-order valence-electron chi connectivity index (χ0n) is 13.2. The Kier molecular flexibility index (Phi) is 4.02. The molecule has 0 bridgehead atoms. The van der Waals surface area contributed by atoms with Crippen LogP contribution in [0.3, 0.4) is 0 Å². The minimum atomic E-state index is -0.998. The summed E-state index contributed by atoms with van der Waals surface area (Å²) in [6.07, 6.45) is 0.942. The van der Waals surface area contributed by atoms with Crippen molar-refractivity contribution in [3.05, 3.63) is 29.3 Å². The first-order valence-electron chi connectivity index (χ1n) is 7.70. The summed E-state index contributed by atoms with van der Waals surface area (Å²) in [5, 5.41) is 3.45. The summed E-state index contributed by atoms with van der Waals surface area (Å²) in [5.74, 6) is -0.0751. The van der Waals surface area contributed by atoms with E-state index < -0.39 is 5.41 Å². The molecule has 0 aromatic heterocycles. The van der Waals surface area contributed by atoms with Crippen LogP contribution in [-0.4, -0.2) is 36.0 Å². The van der Waals surface area contributed by atoms with E-state index in [1.807, 2.05) is 30.9 Å². The number of hydrogen-bond acceptors (Lipinski definition) is 4. The van der Waals surface area contributed by atoms with Crippen LogP contribution in [0.4, 0.5) is 5.69 Å². The summed E-state index contributed by atoms with van der Waals surface area (Å²) in [6, 6.07) is 7.39. The van der Waals surface area contributed by atoms with Crippen molar-refractivity contribution in [3.63, 3.8) is 0 Å². The highest BCUT2D eigenvalue weighted by atomic mass is 35.5. The lowest BCUT2D eigenvalue weighted by Crippen LogP contribution is -2.67. The highest BCUT2D eigenvalue weighted by Crippen LogP contribution is 2.33. The summed E-state index contributed by atoms with van der Waals surface area (Å²) in [7, 11) is 0. The topological polar surface area (TPSA) is 65.0 Å². The lowest BCUT2D eigenvalue weighted by molar-refractivity contribution is -0.151. The van der Waals surface area contributed by atoms with Crippen LogP contribution in [0.25, 0.3) is 0 Å². The molecule has 1 saturated heterocycles. The Balaban J connectivity index is 1.90. The maximum Gasteiger partial charge on any atom is 0.246 e. The van der Waals surface area contributed by atoms with E-state index in [4.69, 9.17) is 11.6 Å². The third kappa shape index (κ3) is 2.47. The molecule has 3 rings (SSSR count). The van der Waals surface area contributed by atoms with Crippen LogP contribution in [0, 0.1) is 5.41 Å². The second kappa shape index (κ2) is 5.85. The molecule has 122 valence electrons. The number of rotatable bonds is 3. The quantitative estimate of drug-likeness (QED) is 0.862. The number of anilines is 1. The molecule has 0 unspecified atom stereocenters. The molecule has 0 aliphatic carbocycles. The molecule has 2 aliphatic rings. The Bertz CT molecular complexity index is 667. The van der Waals surface area contributed by atoms with Crippen molar-refractivity contribution in [1.82, 2.24) is 10.2 Å². The van der Waals surface area contributed by atoms with Gasteiger partial charge in [0.1, 0.15) is 18.8 Å².